The van der Waals surface area contributed by atoms with Gasteiger partial charge >= 0.3 is 0 Å². The molecule has 1 N–H and O–H groups in total. The zero-order valence-electron chi connectivity index (χ0n) is 10.9. The third kappa shape index (κ3) is 3.06. The topological polar surface area (TPSA) is 33.1 Å². The molecule has 1 heterocycles. The molecule has 18 heavy (non-hydrogen) atoms. The average Bonchev–Trinajstić information content (AvgIpc) is 2.40. The van der Waals surface area contributed by atoms with Crippen LogP contribution < -0.4 is 5.32 Å². The monoisotopic (exact) mass is 257 g/mol. The second-order valence-electron chi connectivity index (χ2n) is 5.23. The molecule has 0 fully saturated rings. The van der Waals surface area contributed by atoms with Gasteiger partial charge in [-0.2, -0.15) is 0 Å². The molecule has 0 saturated carbocycles. The fourth-order valence-corrected chi connectivity index (χ4v) is 4.53. The van der Waals surface area contributed by atoms with E-state index >= 15 is 0 Å². The number of aromatic nitrogens is 1. The highest BCUT2D eigenvalue weighted by Gasteiger charge is 2.28. The van der Waals surface area contributed by atoms with Gasteiger partial charge in [-0.1, -0.05) is 49.5 Å². The van der Waals surface area contributed by atoms with Gasteiger partial charge in [-0.05, 0) is 23.7 Å². The number of nitrogens with zero attached hydrogens (tertiary/aromatic N) is 1. The van der Waals surface area contributed by atoms with E-state index in [2.05, 4.69) is 24.1 Å². The predicted octanol–water partition coefficient (Wildman–Crippen LogP) is 2.73. The van der Waals surface area contributed by atoms with E-state index in [1.165, 1.54) is 0 Å². The van der Waals surface area contributed by atoms with Crippen molar-refractivity contribution in [3.05, 3.63) is 60.3 Å². The van der Waals surface area contributed by atoms with Gasteiger partial charge in [0.15, 0.2) is 0 Å². The minimum Gasteiger partial charge on any atom is -0.389 e. The van der Waals surface area contributed by atoms with Gasteiger partial charge in [0.1, 0.15) is 8.07 Å². The van der Waals surface area contributed by atoms with Crippen LogP contribution in [0.15, 0.2) is 54.7 Å². The van der Waals surface area contributed by atoms with Crippen molar-refractivity contribution < 1.29 is 5.11 Å². The van der Waals surface area contributed by atoms with Crippen LogP contribution in [0.5, 0.6) is 0 Å². The molecule has 3 heteroatoms. The molecule has 2 rings (SSSR count). The van der Waals surface area contributed by atoms with Crippen molar-refractivity contribution in [2.45, 2.75) is 25.2 Å². The average molecular weight is 257 g/mol. The summed E-state index contributed by atoms with van der Waals surface area (Å²) in [6.07, 6.45) is 1.44. The van der Waals surface area contributed by atoms with E-state index in [1.54, 1.807) is 0 Å². The molecule has 0 amide bonds. The fourth-order valence-electron chi connectivity index (χ4n) is 2.14. The highest BCUT2D eigenvalue weighted by atomic mass is 28.3. The molecule has 1 atom stereocenters. The number of aliphatic hydroxyl groups excluding tert-OH is 1. The summed E-state index contributed by atoms with van der Waals surface area (Å²) in [6.45, 7) is 4.50. The van der Waals surface area contributed by atoms with Crippen LogP contribution in [-0.4, -0.2) is 18.2 Å². The second kappa shape index (κ2) is 5.46. The number of rotatable bonds is 4. The summed E-state index contributed by atoms with van der Waals surface area (Å²) in [6, 6.07) is 16.7. The molecule has 0 radical (unpaired) electrons. The minimum atomic E-state index is -1.69. The molecule has 0 aliphatic heterocycles. The molecule has 94 valence electrons. The van der Waals surface area contributed by atoms with Gasteiger partial charge in [-0.25, -0.2) is 0 Å². The smallest absolute Gasteiger partial charge is 0.107 e. The molecule has 0 bridgehead atoms. The SMILES string of the molecule is C[Si](C)(CC(O)c1ccccc1)c1ccccn1. The van der Waals surface area contributed by atoms with Crippen LogP contribution in [0.4, 0.5) is 0 Å². The van der Waals surface area contributed by atoms with Crippen LogP contribution in [0.3, 0.4) is 0 Å². The molecule has 2 nitrogen and oxygen atoms in total. The van der Waals surface area contributed by atoms with Crippen molar-refractivity contribution in [2.24, 2.45) is 0 Å². The van der Waals surface area contributed by atoms with Crippen LogP contribution in [0.25, 0.3) is 0 Å². The van der Waals surface area contributed by atoms with Gasteiger partial charge in [0, 0.05) is 11.5 Å². The fraction of sp³-hybridized carbons (Fsp3) is 0.267. The first-order chi connectivity index (χ1) is 8.59. The molecule has 2 aromatic rings. The third-order valence-electron chi connectivity index (χ3n) is 3.25. The van der Waals surface area contributed by atoms with E-state index < -0.39 is 14.2 Å². The number of hydrogen-bond acceptors (Lipinski definition) is 2. The Labute approximate surface area is 109 Å². The molecule has 1 unspecified atom stereocenters. The Morgan fingerprint density at radius 3 is 2.33 bits per heavy atom. The normalized spacial score (nSPS) is 13.3. The number of pyridine rings is 1. The lowest BCUT2D eigenvalue weighted by Gasteiger charge is -2.24. The summed E-state index contributed by atoms with van der Waals surface area (Å²) < 4.78 is 0. The van der Waals surface area contributed by atoms with E-state index in [0.29, 0.717) is 0 Å². The molecular weight excluding hydrogens is 238 g/mol. The summed E-state index contributed by atoms with van der Waals surface area (Å²) in [5.74, 6) is 0. The predicted molar refractivity (Wildman–Crippen MR) is 77.6 cm³/mol. The standard InChI is InChI=1S/C15H19NOSi/c1-18(2,15-10-6-7-11-16-15)12-14(17)13-8-4-3-5-9-13/h3-11,14,17H,12H2,1-2H3. The van der Waals surface area contributed by atoms with E-state index in [9.17, 15) is 5.11 Å². The highest BCUT2D eigenvalue weighted by molar-refractivity contribution is 6.89. The van der Waals surface area contributed by atoms with Crippen molar-refractivity contribution in [3.8, 4) is 0 Å². The Kier molecular flexibility index (Phi) is 3.94. The first kappa shape index (κ1) is 13.0. The minimum absolute atomic E-state index is 0.394. The van der Waals surface area contributed by atoms with Gasteiger partial charge in [0.05, 0.1) is 6.10 Å². The van der Waals surface area contributed by atoms with Gasteiger partial charge in [-0.3, -0.25) is 4.98 Å². The maximum atomic E-state index is 10.3. The van der Waals surface area contributed by atoms with Gasteiger partial charge < -0.3 is 5.11 Å². The van der Waals surface area contributed by atoms with Crippen LogP contribution in [-0.2, 0) is 0 Å². The molecule has 1 aromatic heterocycles. The molecular formula is C15H19NOSi. The van der Waals surface area contributed by atoms with E-state index in [0.717, 1.165) is 16.9 Å². The number of benzene rings is 1. The Hall–Kier alpha value is -1.45. The molecule has 0 spiro atoms. The molecule has 0 aliphatic rings. The Morgan fingerprint density at radius 2 is 1.72 bits per heavy atom. The lowest BCUT2D eigenvalue weighted by atomic mass is 10.1. The first-order valence-electron chi connectivity index (χ1n) is 6.24. The van der Waals surface area contributed by atoms with Gasteiger partial charge in [0.2, 0.25) is 0 Å². The van der Waals surface area contributed by atoms with E-state index in [-0.39, 0.29) is 0 Å². The lowest BCUT2D eigenvalue weighted by molar-refractivity contribution is 0.197. The van der Waals surface area contributed by atoms with Crippen molar-refractivity contribution >= 4 is 13.4 Å². The second-order valence-corrected chi connectivity index (χ2v) is 9.92. The van der Waals surface area contributed by atoms with E-state index in [4.69, 9.17) is 0 Å². The zero-order chi connectivity index (χ0) is 13.0. The largest absolute Gasteiger partial charge is 0.389 e. The zero-order valence-corrected chi connectivity index (χ0v) is 11.9. The van der Waals surface area contributed by atoms with E-state index in [1.807, 2.05) is 48.7 Å². The molecule has 1 aromatic carbocycles. The van der Waals surface area contributed by atoms with Crippen molar-refractivity contribution in [1.82, 2.24) is 4.98 Å². The summed E-state index contributed by atoms with van der Waals surface area (Å²) >= 11 is 0. The Balaban J connectivity index is 2.14. The summed E-state index contributed by atoms with van der Waals surface area (Å²) in [5.41, 5.74) is 0.994. The van der Waals surface area contributed by atoms with Crippen LogP contribution in [0.2, 0.25) is 19.1 Å². The maximum Gasteiger partial charge on any atom is 0.107 e. The van der Waals surface area contributed by atoms with Gasteiger partial charge in [-0.15, -0.1) is 0 Å². The number of aliphatic hydroxyl groups is 1. The third-order valence-corrected chi connectivity index (χ3v) is 6.34. The van der Waals surface area contributed by atoms with Crippen LogP contribution in [0.1, 0.15) is 11.7 Å². The van der Waals surface area contributed by atoms with Crippen molar-refractivity contribution in [2.75, 3.05) is 0 Å². The van der Waals surface area contributed by atoms with Crippen molar-refractivity contribution in [3.63, 3.8) is 0 Å². The Morgan fingerprint density at radius 1 is 1.06 bits per heavy atom. The van der Waals surface area contributed by atoms with Crippen molar-refractivity contribution in [1.29, 1.82) is 0 Å². The van der Waals surface area contributed by atoms with Crippen LogP contribution >= 0.6 is 0 Å². The Bertz CT molecular complexity index is 484. The molecule has 0 saturated heterocycles. The van der Waals surface area contributed by atoms with Crippen LogP contribution in [0, 0.1) is 0 Å². The summed E-state index contributed by atoms with van der Waals surface area (Å²) in [5, 5.41) is 11.5. The van der Waals surface area contributed by atoms with Gasteiger partial charge in [0.25, 0.3) is 0 Å². The highest BCUT2D eigenvalue weighted by Crippen LogP contribution is 2.23. The summed E-state index contributed by atoms with van der Waals surface area (Å²) in [4.78, 5) is 4.45. The molecule has 0 aliphatic carbocycles. The quantitative estimate of drug-likeness (QED) is 0.854. The number of hydrogen-bond donors (Lipinski definition) is 1. The lowest BCUT2D eigenvalue weighted by Crippen LogP contribution is -2.44. The first-order valence-corrected chi connectivity index (χ1v) is 9.45. The summed E-state index contributed by atoms with van der Waals surface area (Å²) in [7, 11) is -1.69. The maximum absolute atomic E-state index is 10.3.